The Morgan fingerprint density at radius 1 is 0.489 bits per heavy atom. The van der Waals surface area contributed by atoms with Crippen molar-refractivity contribution in [1.82, 2.24) is 24.9 Å². The van der Waals surface area contributed by atoms with E-state index in [4.69, 9.17) is 33.0 Å². The van der Waals surface area contributed by atoms with Gasteiger partial charge in [-0.25, -0.2) is 34.6 Å². The van der Waals surface area contributed by atoms with E-state index in [9.17, 15) is 15.8 Å². The molecule has 14 heteroatoms. The Hall–Kier alpha value is -7.91. The molecule has 45 heavy (non-hydrogen) atoms. The Balaban J connectivity index is 1.45. The molecule has 204 valence electrons. The van der Waals surface area contributed by atoms with Crippen LogP contribution in [0.25, 0.3) is 82.7 Å². The first-order valence-corrected chi connectivity index (χ1v) is 12.5. The lowest BCUT2D eigenvalue weighted by atomic mass is 10.1. The lowest BCUT2D eigenvalue weighted by Gasteiger charge is -2.02. The number of hydrogen-bond acceptors (Lipinski definition) is 11. The molecule has 0 atom stereocenters. The zero-order valence-electron chi connectivity index (χ0n) is 22.2. The van der Waals surface area contributed by atoms with Crippen LogP contribution >= 0.6 is 0 Å². The molecule has 0 fully saturated rings. The monoisotopic (exact) mass is 581 g/mol. The number of fused-ring (bicyclic) bond motifs is 3. The molecular weight excluding hydrogens is 574 g/mol. The number of nitrogens with zero attached hydrogens (tertiary/aromatic N) is 11. The molecule has 3 aromatic carbocycles. The number of benzene rings is 3. The van der Waals surface area contributed by atoms with Gasteiger partial charge < -0.3 is 13.3 Å². The molecular formula is C31H7N11O3. The lowest BCUT2D eigenvalue weighted by molar-refractivity contribution is 0.604. The standard InChI is InChI=1S/C31H7N11O3/c1-35-17-9-26-21(5-16(17)13-34)41-30(44-26)24-8-23(29-40-20-4-14(11-32)15(12-33)6-25(20)43-29)38-28(39-24)31-42-22-7-18(36-2)19(37-3)10-27(22)45-31/h4-10H. The van der Waals surface area contributed by atoms with Crippen molar-refractivity contribution in [2.24, 2.45) is 0 Å². The van der Waals surface area contributed by atoms with E-state index >= 15 is 0 Å². The van der Waals surface area contributed by atoms with E-state index in [0.29, 0.717) is 16.6 Å². The lowest BCUT2D eigenvalue weighted by Crippen LogP contribution is -1.96. The van der Waals surface area contributed by atoms with Crippen LogP contribution in [0.15, 0.2) is 55.7 Å². The number of aromatic nitrogens is 5. The normalized spacial score (nSPS) is 10.5. The van der Waals surface area contributed by atoms with Crippen molar-refractivity contribution in [1.29, 1.82) is 15.8 Å². The van der Waals surface area contributed by atoms with Crippen LogP contribution in [0.5, 0.6) is 0 Å². The predicted molar refractivity (Wildman–Crippen MR) is 154 cm³/mol. The zero-order valence-corrected chi connectivity index (χ0v) is 22.2. The summed E-state index contributed by atoms with van der Waals surface area (Å²) in [6.45, 7) is 22.1. The highest BCUT2D eigenvalue weighted by atomic mass is 16.4. The van der Waals surface area contributed by atoms with Gasteiger partial charge in [0, 0.05) is 12.1 Å². The van der Waals surface area contributed by atoms with Crippen molar-refractivity contribution in [2.75, 3.05) is 0 Å². The van der Waals surface area contributed by atoms with E-state index in [1.54, 1.807) is 0 Å². The summed E-state index contributed by atoms with van der Waals surface area (Å²) in [4.78, 5) is 32.5. The maximum absolute atomic E-state index is 9.43. The molecule has 0 aliphatic heterocycles. The van der Waals surface area contributed by atoms with Crippen molar-refractivity contribution in [3.05, 3.63) is 93.4 Å². The van der Waals surface area contributed by atoms with Crippen molar-refractivity contribution in [3.63, 3.8) is 0 Å². The SMILES string of the molecule is [C-]#[N+]c1cc2oc(-c3cc(-c4nc5cc(C#N)c(C#N)cc5o4)nc(-c4nc5cc([N+]#[C-])c([N+]#[C-])cc5o4)n3)nc2cc1C#N. The van der Waals surface area contributed by atoms with Crippen LogP contribution in [-0.2, 0) is 0 Å². The quantitative estimate of drug-likeness (QED) is 0.192. The van der Waals surface area contributed by atoms with Crippen LogP contribution in [-0.4, -0.2) is 24.9 Å². The third-order valence-corrected chi connectivity index (χ3v) is 6.60. The highest BCUT2D eigenvalue weighted by Crippen LogP contribution is 2.36. The summed E-state index contributed by atoms with van der Waals surface area (Å²) in [6, 6.07) is 15.9. The van der Waals surface area contributed by atoms with Crippen LogP contribution in [0.1, 0.15) is 16.7 Å². The van der Waals surface area contributed by atoms with E-state index in [0.717, 1.165) is 0 Å². The molecule has 0 unspecified atom stereocenters. The highest BCUT2D eigenvalue weighted by Gasteiger charge is 2.22. The Morgan fingerprint density at radius 2 is 0.933 bits per heavy atom. The van der Waals surface area contributed by atoms with Gasteiger partial charge in [0.2, 0.25) is 23.3 Å². The molecule has 7 aromatic rings. The molecule has 0 amide bonds. The smallest absolute Gasteiger partial charge is 0.266 e. The molecule has 0 bridgehead atoms. The largest absolute Gasteiger partial charge is 0.436 e. The van der Waals surface area contributed by atoms with Gasteiger partial charge in [0.05, 0.1) is 48.0 Å². The topological polar surface area (TPSA) is 188 Å². The summed E-state index contributed by atoms with van der Waals surface area (Å²) in [5.41, 5.74) is 2.56. The molecule has 4 aromatic heterocycles. The molecule has 0 saturated carbocycles. The minimum atomic E-state index is -0.0565. The van der Waals surface area contributed by atoms with Gasteiger partial charge in [-0.1, -0.05) is 0 Å². The van der Waals surface area contributed by atoms with Crippen molar-refractivity contribution < 1.29 is 13.3 Å². The fourth-order valence-electron chi connectivity index (χ4n) is 4.51. The zero-order chi connectivity index (χ0) is 31.2. The molecule has 0 N–H and O–H groups in total. The van der Waals surface area contributed by atoms with Crippen molar-refractivity contribution in [2.45, 2.75) is 0 Å². The summed E-state index contributed by atoms with van der Waals surface area (Å²) in [6.07, 6.45) is 0. The molecule has 0 spiro atoms. The van der Waals surface area contributed by atoms with E-state index in [-0.39, 0.29) is 85.4 Å². The van der Waals surface area contributed by atoms with Crippen LogP contribution in [0.4, 0.5) is 17.1 Å². The third-order valence-electron chi connectivity index (χ3n) is 6.60. The second-order valence-electron chi connectivity index (χ2n) is 9.20. The van der Waals surface area contributed by atoms with Crippen LogP contribution in [0, 0.1) is 53.7 Å². The fourth-order valence-corrected chi connectivity index (χ4v) is 4.51. The third kappa shape index (κ3) is 4.19. The molecule has 4 heterocycles. The van der Waals surface area contributed by atoms with Gasteiger partial charge in [-0.15, -0.1) is 0 Å². The number of nitriles is 3. The number of rotatable bonds is 3. The van der Waals surface area contributed by atoms with Crippen molar-refractivity contribution in [3.8, 4) is 53.1 Å². The molecule has 7 rings (SSSR count). The van der Waals surface area contributed by atoms with E-state index < -0.39 is 0 Å². The van der Waals surface area contributed by atoms with Gasteiger partial charge in [0.1, 0.15) is 45.7 Å². The Bertz CT molecular complexity index is 2230. The first kappa shape index (κ1) is 26.0. The minimum absolute atomic E-state index is 0.00810. The summed E-state index contributed by atoms with van der Waals surface area (Å²) < 4.78 is 17.7. The molecule has 0 saturated heterocycles. The second-order valence-corrected chi connectivity index (χ2v) is 9.20. The van der Waals surface area contributed by atoms with Crippen LogP contribution in [0.3, 0.4) is 0 Å². The summed E-state index contributed by atoms with van der Waals surface area (Å²) >= 11 is 0. The summed E-state index contributed by atoms with van der Waals surface area (Å²) in [7, 11) is 0. The van der Waals surface area contributed by atoms with E-state index in [1.165, 1.54) is 42.5 Å². The first-order chi connectivity index (χ1) is 21.9. The van der Waals surface area contributed by atoms with E-state index in [1.807, 2.05) is 18.2 Å². The van der Waals surface area contributed by atoms with Gasteiger partial charge in [0.15, 0.2) is 17.0 Å². The Morgan fingerprint density at radius 3 is 1.51 bits per heavy atom. The summed E-state index contributed by atoms with van der Waals surface area (Å²) in [5.74, 6) is -0.0862. The molecule has 14 nitrogen and oxygen atoms in total. The first-order valence-electron chi connectivity index (χ1n) is 12.5. The Labute approximate surface area is 250 Å². The summed E-state index contributed by atoms with van der Waals surface area (Å²) in [5, 5.41) is 28.3. The number of hydrogen-bond donors (Lipinski definition) is 0. The number of oxazole rings is 3. The van der Waals surface area contributed by atoms with Crippen LogP contribution < -0.4 is 0 Å². The van der Waals surface area contributed by atoms with Gasteiger partial charge in [-0.2, -0.15) is 15.8 Å². The van der Waals surface area contributed by atoms with Gasteiger partial charge in [0.25, 0.3) is 5.89 Å². The Kier molecular flexibility index (Phi) is 5.71. The minimum Gasteiger partial charge on any atom is -0.436 e. The van der Waals surface area contributed by atoms with Gasteiger partial charge in [-0.3, -0.25) is 4.85 Å². The van der Waals surface area contributed by atoms with Gasteiger partial charge >= 0.3 is 0 Å². The average Bonchev–Trinajstić information content (AvgIpc) is 3.81. The van der Waals surface area contributed by atoms with Crippen LogP contribution in [0.2, 0.25) is 0 Å². The average molecular weight is 581 g/mol. The molecule has 0 aliphatic rings. The predicted octanol–water partition coefficient (Wildman–Crippen LogP) is 7.17. The maximum atomic E-state index is 9.43. The highest BCUT2D eigenvalue weighted by molar-refractivity contribution is 5.89. The maximum Gasteiger partial charge on any atom is 0.266 e. The molecule has 0 aliphatic carbocycles. The van der Waals surface area contributed by atoms with Crippen molar-refractivity contribution >= 4 is 50.4 Å². The van der Waals surface area contributed by atoms with Gasteiger partial charge in [-0.05, 0) is 30.3 Å². The van der Waals surface area contributed by atoms with E-state index in [2.05, 4.69) is 39.5 Å². The second kappa shape index (κ2) is 9.87. The molecule has 0 radical (unpaired) electrons. The fraction of sp³-hybridized carbons (Fsp3) is 0.